The predicted octanol–water partition coefficient (Wildman–Crippen LogP) is 3.66. The van der Waals surface area contributed by atoms with E-state index in [9.17, 15) is 4.79 Å². The first-order chi connectivity index (χ1) is 12.0. The lowest BCUT2D eigenvalue weighted by atomic mass is 10.1. The van der Waals surface area contributed by atoms with Crippen molar-refractivity contribution in [3.8, 4) is 5.69 Å². The molecular formula is C17H16ClN5OS. The number of halogens is 1. The molecule has 0 bridgehead atoms. The number of aryl methyl sites for hydroxylation is 2. The van der Waals surface area contributed by atoms with E-state index in [2.05, 4.69) is 20.8 Å². The van der Waals surface area contributed by atoms with Crippen molar-refractivity contribution >= 4 is 35.0 Å². The molecule has 1 aromatic heterocycles. The molecule has 0 unspecified atom stereocenters. The second kappa shape index (κ2) is 7.67. The Hall–Kier alpha value is -2.38. The lowest BCUT2D eigenvalue weighted by Crippen LogP contribution is -2.14. The van der Waals surface area contributed by atoms with Crippen LogP contribution in [-0.4, -0.2) is 31.9 Å². The fourth-order valence-corrected chi connectivity index (χ4v) is 3.04. The summed E-state index contributed by atoms with van der Waals surface area (Å²) in [4.78, 5) is 12.1. The third-order valence-corrected chi connectivity index (χ3v) is 4.91. The normalized spacial score (nSPS) is 10.7. The van der Waals surface area contributed by atoms with E-state index in [1.807, 2.05) is 44.2 Å². The summed E-state index contributed by atoms with van der Waals surface area (Å²) in [6.07, 6.45) is 0. The van der Waals surface area contributed by atoms with E-state index in [0.717, 1.165) is 11.3 Å². The summed E-state index contributed by atoms with van der Waals surface area (Å²) < 4.78 is 1.62. The molecule has 1 amide bonds. The van der Waals surface area contributed by atoms with Crippen LogP contribution in [0.15, 0.2) is 47.6 Å². The van der Waals surface area contributed by atoms with E-state index in [-0.39, 0.29) is 11.7 Å². The van der Waals surface area contributed by atoms with Crippen molar-refractivity contribution in [1.82, 2.24) is 20.2 Å². The molecule has 3 rings (SSSR count). The second-order valence-corrected chi connectivity index (χ2v) is 6.81. The van der Waals surface area contributed by atoms with E-state index >= 15 is 0 Å². The highest BCUT2D eigenvalue weighted by atomic mass is 35.5. The first-order valence-electron chi connectivity index (χ1n) is 7.58. The van der Waals surface area contributed by atoms with Crippen molar-refractivity contribution in [2.75, 3.05) is 11.1 Å². The number of nitrogens with zero attached hydrogens (tertiary/aromatic N) is 4. The van der Waals surface area contributed by atoms with Gasteiger partial charge in [-0.15, -0.1) is 5.10 Å². The van der Waals surface area contributed by atoms with Crippen LogP contribution in [0.1, 0.15) is 11.1 Å². The molecule has 0 radical (unpaired) electrons. The SMILES string of the molecule is Cc1ccc(-n2nnnc2SCC(=O)Nc2ccccc2Cl)cc1C. The van der Waals surface area contributed by atoms with Crippen LogP contribution in [0.25, 0.3) is 5.69 Å². The highest BCUT2D eigenvalue weighted by Crippen LogP contribution is 2.23. The van der Waals surface area contributed by atoms with Gasteiger partial charge >= 0.3 is 0 Å². The van der Waals surface area contributed by atoms with Gasteiger partial charge in [-0.3, -0.25) is 4.79 Å². The van der Waals surface area contributed by atoms with Crippen LogP contribution in [0.5, 0.6) is 0 Å². The van der Waals surface area contributed by atoms with Gasteiger partial charge in [-0.25, -0.2) is 0 Å². The monoisotopic (exact) mass is 373 g/mol. The maximum atomic E-state index is 12.1. The molecule has 0 fully saturated rings. The lowest BCUT2D eigenvalue weighted by molar-refractivity contribution is -0.113. The van der Waals surface area contributed by atoms with Crippen LogP contribution in [0.3, 0.4) is 0 Å². The molecule has 0 aliphatic heterocycles. The average Bonchev–Trinajstić information content (AvgIpc) is 3.06. The lowest BCUT2D eigenvalue weighted by Gasteiger charge is -2.08. The standard InChI is InChI=1S/C17H16ClN5OS/c1-11-7-8-13(9-12(11)2)23-17(20-21-22-23)25-10-16(24)19-15-6-4-3-5-14(15)18/h3-9H,10H2,1-2H3,(H,19,24). The van der Waals surface area contributed by atoms with E-state index in [4.69, 9.17) is 11.6 Å². The smallest absolute Gasteiger partial charge is 0.234 e. The van der Waals surface area contributed by atoms with Gasteiger partial charge < -0.3 is 5.32 Å². The molecule has 2 aromatic carbocycles. The van der Waals surface area contributed by atoms with Crippen LogP contribution in [-0.2, 0) is 4.79 Å². The summed E-state index contributed by atoms with van der Waals surface area (Å²) in [5.74, 6) is 0.00363. The Morgan fingerprint density at radius 1 is 1.20 bits per heavy atom. The van der Waals surface area contributed by atoms with Crippen molar-refractivity contribution in [1.29, 1.82) is 0 Å². The molecule has 1 heterocycles. The number of hydrogen-bond donors (Lipinski definition) is 1. The maximum absolute atomic E-state index is 12.1. The van der Waals surface area contributed by atoms with Crippen LogP contribution in [0.4, 0.5) is 5.69 Å². The Kier molecular flexibility index (Phi) is 5.35. The summed E-state index contributed by atoms with van der Waals surface area (Å²) in [6.45, 7) is 4.08. The summed E-state index contributed by atoms with van der Waals surface area (Å²) >= 11 is 7.31. The van der Waals surface area contributed by atoms with Gasteiger partial charge in [0.1, 0.15) is 0 Å². The second-order valence-electron chi connectivity index (χ2n) is 5.46. The van der Waals surface area contributed by atoms with Crippen LogP contribution < -0.4 is 5.32 Å². The molecule has 3 aromatic rings. The molecule has 1 N–H and O–H groups in total. The number of amides is 1. The van der Waals surface area contributed by atoms with Crippen LogP contribution in [0.2, 0.25) is 5.02 Å². The summed E-state index contributed by atoms with van der Waals surface area (Å²) in [5, 5.41) is 15.6. The van der Waals surface area contributed by atoms with Crippen LogP contribution >= 0.6 is 23.4 Å². The fraction of sp³-hybridized carbons (Fsp3) is 0.176. The van der Waals surface area contributed by atoms with Gasteiger partial charge in [0.25, 0.3) is 0 Å². The summed E-state index contributed by atoms with van der Waals surface area (Å²) in [6, 6.07) is 13.1. The Labute approximate surface area is 154 Å². The fourth-order valence-electron chi connectivity index (χ4n) is 2.17. The summed E-state index contributed by atoms with van der Waals surface area (Å²) in [5.41, 5.74) is 3.80. The molecule has 0 saturated heterocycles. The molecule has 0 spiro atoms. The van der Waals surface area contributed by atoms with E-state index in [0.29, 0.717) is 15.9 Å². The Morgan fingerprint density at radius 2 is 2.00 bits per heavy atom. The largest absolute Gasteiger partial charge is 0.324 e. The van der Waals surface area contributed by atoms with Crippen molar-refractivity contribution < 1.29 is 4.79 Å². The number of tetrazole rings is 1. The average molecular weight is 374 g/mol. The van der Waals surface area contributed by atoms with Crippen molar-refractivity contribution in [3.05, 3.63) is 58.6 Å². The highest BCUT2D eigenvalue weighted by Gasteiger charge is 2.13. The number of hydrogen-bond acceptors (Lipinski definition) is 5. The number of rotatable bonds is 5. The van der Waals surface area contributed by atoms with Crippen molar-refractivity contribution in [2.24, 2.45) is 0 Å². The zero-order valence-corrected chi connectivity index (χ0v) is 15.3. The topological polar surface area (TPSA) is 72.7 Å². The molecule has 128 valence electrons. The number of para-hydroxylation sites is 1. The molecule has 0 aliphatic carbocycles. The van der Waals surface area contributed by atoms with E-state index < -0.39 is 0 Å². The molecule has 0 saturated carbocycles. The minimum absolute atomic E-state index is 0.173. The van der Waals surface area contributed by atoms with Crippen LogP contribution in [0, 0.1) is 13.8 Å². The van der Waals surface area contributed by atoms with Crippen molar-refractivity contribution in [2.45, 2.75) is 19.0 Å². The third kappa shape index (κ3) is 4.18. The Bertz CT molecular complexity index is 912. The number of nitrogens with one attached hydrogen (secondary N) is 1. The molecule has 0 aliphatic rings. The third-order valence-electron chi connectivity index (χ3n) is 3.66. The van der Waals surface area contributed by atoms with Gasteiger partial charge in [0.05, 0.1) is 22.2 Å². The maximum Gasteiger partial charge on any atom is 0.234 e. The first kappa shape index (κ1) is 17.4. The number of aromatic nitrogens is 4. The quantitative estimate of drug-likeness (QED) is 0.691. The van der Waals surface area contributed by atoms with Crippen molar-refractivity contribution in [3.63, 3.8) is 0 Å². The minimum Gasteiger partial charge on any atom is -0.324 e. The van der Waals surface area contributed by atoms with Gasteiger partial charge in [0.15, 0.2) is 0 Å². The number of carbonyl (C=O) groups excluding carboxylic acids is 1. The molecule has 6 nitrogen and oxygen atoms in total. The molecule has 25 heavy (non-hydrogen) atoms. The highest BCUT2D eigenvalue weighted by molar-refractivity contribution is 7.99. The number of anilines is 1. The predicted molar refractivity (Wildman–Crippen MR) is 99.4 cm³/mol. The zero-order valence-electron chi connectivity index (χ0n) is 13.7. The Balaban J connectivity index is 1.68. The Morgan fingerprint density at radius 3 is 2.76 bits per heavy atom. The molecular weight excluding hydrogens is 358 g/mol. The van der Waals surface area contributed by atoms with Gasteiger partial charge in [0.2, 0.25) is 11.1 Å². The van der Waals surface area contributed by atoms with Gasteiger partial charge in [-0.1, -0.05) is 41.6 Å². The van der Waals surface area contributed by atoms with Gasteiger partial charge in [-0.2, -0.15) is 4.68 Å². The zero-order chi connectivity index (χ0) is 17.8. The van der Waals surface area contributed by atoms with Gasteiger partial charge in [0, 0.05) is 0 Å². The number of carbonyl (C=O) groups is 1. The number of thioether (sulfide) groups is 1. The number of benzene rings is 2. The van der Waals surface area contributed by atoms with Gasteiger partial charge in [-0.05, 0) is 59.7 Å². The minimum atomic E-state index is -0.173. The summed E-state index contributed by atoms with van der Waals surface area (Å²) in [7, 11) is 0. The van der Waals surface area contributed by atoms with E-state index in [1.165, 1.54) is 17.3 Å². The molecule has 8 heteroatoms. The van der Waals surface area contributed by atoms with E-state index in [1.54, 1.807) is 16.8 Å². The molecule has 0 atom stereocenters. The first-order valence-corrected chi connectivity index (χ1v) is 8.94.